The number of aryl methyl sites for hydroxylation is 1. The molecule has 0 saturated carbocycles. The molecular weight excluding hydrogens is 318 g/mol. The first kappa shape index (κ1) is 17.5. The number of hydrogen-bond donors (Lipinski definition) is 0. The summed E-state index contributed by atoms with van der Waals surface area (Å²) in [4.78, 5) is 18.9. The van der Waals surface area contributed by atoms with Crippen LogP contribution >= 0.6 is 0 Å². The van der Waals surface area contributed by atoms with E-state index in [0.29, 0.717) is 36.5 Å². The Balaban J connectivity index is 1.59. The number of methoxy groups -OCH3 is 1. The van der Waals surface area contributed by atoms with Gasteiger partial charge in [0.05, 0.1) is 7.11 Å². The molecule has 0 radical (unpaired) electrons. The normalized spacial score (nSPS) is 17.3. The van der Waals surface area contributed by atoms with Gasteiger partial charge in [-0.1, -0.05) is 19.0 Å². The largest absolute Gasteiger partial charge is 0.497 e. The monoisotopic (exact) mass is 343 g/mol. The van der Waals surface area contributed by atoms with E-state index >= 15 is 0 Å². The average Bonchev–Trinajstić information content (AvgIpc) is 3.29. The molecule has 0 bridgehead atoms. The first-order valence-electron chi connectivity index (χ1n) is 8.85. The number of likely N-dealkylation sites (tertiary alicyclic amines) is 1. The third kappa shape index (κ3) is 4.00. The van der Waals surface area contributed by atoms with Gasteiger partial charge in [-0.3, -0.25) is 4.79 Å². The highest BCUT2D eigenvalue weighted by atomic mass is 16.5. The number of benzene rings is 1. The summed E-state index contributed by atoms with van der Waals surface area (Å²) in [5.74, 6) is 2.49. The van der Waals surface area contributed by atoms with Crippen molar-refractivity contribution in [2.75, 3.05) is 13.7 Å². The van der Waals surface area contributed by atoms with E-state index in [0.717, 1.165) is 30.7 Å². The van der Waals surface area contributed by atoms with Gasteiger partial charge in [-0.2, -0.15) is 4.98 Å². The number of hydrogen-bond acceptors (Lipinski definition) is 5. The molecule has 6 nitrogen and oxygen atoms in total. The standard InChI is InChI=1S/C19H25N3O3/c1-13(2)16-5-4-12-22(16)18(23)11-10-17-20-19(21-25-17)14-6-8-15(24-3)9-7-14/h6-9,13,16H,4-5,10-12H2,1-3H3. The second-order valence-corrected chi connectivity index (χ2v) is 6.78. The molecule has 1 aromatic carbocycles. The predicted octanol–water partition coefficient (Wildman–Crippen LogP) is 3.32. The Morgan fingerprint density at radius 1 is 1.36 bits per heavy atom. The molecule has 6 heteroatoms. The van der Waals surface area contributed by atoms with E-state index in [2.05, 4.69) is 24.0 Å². The van der Waals surface area contributed by atoms with Gasteiger partial charge in [0.2, 0.25) is 17.6 Å². The lowest BCUT2D eigenvalue weighted by atomic mass is 10.0. The van der Waals surface area contributed by atoms with Crippen LogP contribution < -0.4 is 4.74 Å². The van der Waals surface area contributed by atoms with Crippen molar-refractivity contribution >= 4 is 5.91 Å². The van der Waals surface area contributed by atoms with E-state index in [9.17, 15) is 4.79 Å². The second kappa shape index (κ2) is 7.68. The fraction of sp³-hybridized carbons (Fsp3) is 0.526. The van der Waals surface area contributed by atoms with Gasteiger partial charge in [0, 0.05) is 31.0 Å². The van der Waals surface area contributed by atoms with Gasteiger partial charge in [0.15, 0.2) is 0 Å². The summed E-state index contributed by atoms with van der Waals surface area (Å²) >= 11 is 0. The van der Waals surface area contributed by atoms with Crippen molar-refractivity contribution in [1.82, 2.24) is 15.0 Å². The van der Waals surface area contributed by atoms with E-state index in [-0.39, 0.29) is 5.91 Å². The van der Waals surface area contributed by atoms with Crippen molar-refractivity contribution in [3.05, 3.63) is 30.2 Å². The Bertz CT molecular complexity index is 709. The molecule has 1 atom stereocenters. The maximum atomic E-state index is 12.5. The maximum absolute atomic E-state index is 12.5. The summed E-state index contributed by atoms with van der Waals surface area (Å²) in [5.41, 5.74) is 0.863. The highest BCUT2D eigenvalue weighted by molar-refractivity contribution is 5.77. The lowest BCUT2D eigenvalue weighted by Crippen LogP contribution is -2.38. The number of aromatic nitrogens is 2. The van der Waals surface area contributed by atoms with Crippen molar-refractivity contribution in [3.63, 3.8) is 0 Å². The van der Waals surface area contributed by atoms with E-state index in [1.807, 2.05) is 29.2 Å². The Morgan fingerprint density at radius 3 is 2.80 bits per heavy atom. The van der Waals surface area contributed by atoms with Crippen LogP contribution in [-0.2, 0) is 11.2 Å². The maximum Gasteiger partial charge on any atom is 0.227 e. The molecule has 25 heavy (non-hydrogen) atoms. The Hall–Kier alpha value is -2.37. The van der Waals surface area contributed by atoms with Gasteiger partial charge in [0.25, 0.3) is 0 Å². The molecule has 1 aliphatic heterocycles. The van der Waals surface area contributed by atoms with Crippen molar-refractivity contribution in [3.8, 4) is 17.1 Å². The van der Waals surface area contributed by atoms with Crippen LogP contribution in [-0.4, -0.2) is 40.6 Å². The fourth-order valence-electron chi connectivity index (χ4n) is 3.37. The van der Waals surface area contributed by atoms with Crippen LogP contribution in [0.5, 0.6) is 5.75 Å². The molecular formula is C19H25N3O3. The molecule has 1 fully saturated rings. The number of amides is 1. The molecule has 1 saturated heterocycles. The molecule has 0 N–H and O–H groups in total. The molecule has 1 amide bonds. The summed E-state index contributed by atoms with van der Waals surface area (Å²) in [6, 6.07) is 7.85. The van der Waals surface area contributed by atoms with Crippen LogP contribution in [0.1, 0.15) is 39.0 Å². The number of ether oxygens (including phenoxy) is 1. The molecule has 134 valence electrons. The van der Waals surface area contributed by atoms with E-state index < -0.39 is 0 Å². The van der Waals surface area contributed by atoms with Gasteiger partial charge in [-0.15, -0.1) is 0 Å². The number of carbonyl (C=O) groups excluding carboxylic acids is 1. The van der Waals surface area contributed by atoms with Crippen molar-refractivity contribution < 1.29 is 14.1 Å². The number of nitrogens with zero attached hydrogens (tertiary/aromatic N) is 3. The number of carbonyl (C=O) groups is 1. The first-order valence-corrected chi connectivity index (χ1v) is 8.85. The molecule has 2 aromatic rings. The molecule has 3 rings (SSSR count). The van der Waals surface area contributed by atoms with Crippen LogP contribution in [0.4, 0.5) is 0 Å². The quantitative estimate of drug-likeness (QED) is 0.805. The molecule has 1 aromatic heterocycles. The van der Waals surface area contributed by atoms with E-state index in [1.54, 1.807) is 7.11 Å². The molecule has 2 heterocycles. The van der Waals surface area contributed by atoms with E-state index in [1.165, 1.54) is 0 Å². The predicted molar refractivity (Wildman–Crippen MR) is 94.2 cm³/mol. The molecule has 0 aliphatic carbocycles. The third-order valence-corrected chi connectivity index (χ3v) is 4.76. The van der Waals surface area contributed by atoms with Crippen LogP contribution in [0, 0.1) is 5.92 Å². The second-order valence-electron chi connectivity index (χ2n) is 6.78. The van der Waals surface area contributed by atoms with Crippen LogP contribution in [0.2, 0.25) is 0 Å². The Labute approximate surface area is 148 Å². The van der Waals surface area contributed by atoms with Gasteiger partial charge in [-0.25, -0.2) is 0 Å². The van der Waals surface area contributed by atoms with Gasteiger partial charge in [0.1, 0.15) is 5.75 Å². The third-order valence-electron chi connectivity index (χ3n) is 4.76. The number of rotatable bonds is 6. The fourth-order valence-corrected chi connectivity index (χ4v) is 3.37. The van der Waals surface area contributed by atoms with Gasteiger partial charge < -0.3 is 14.2 Å². The van der Waals surface area contributed by atoms with Crippen molar-refractivity contribution in [2.45, 2.75) is 45.6 Å². The van der Waals surface area contributed by atoms with Crippen LogP contribution in [0.25, 0.3) is 11.4 Å². The minimum absolute atomic E-state index is 0.181. The molecule has 0 spiro atoms. The summed E-state index contributed by atoms with van der Waals surface area (Å²) in [6.07, 6.45) is 3.08. The topological polar surface area (TPSA) is 68.5 Å². The zero-order valence-electron chi connectivity index (χ0n) is 15.1. The minimum atomic E-state index is 0.181. The SMILES string of the molecule is COc1ccc(-c2noc(CCC(=O)N3CCCC3C(C)C)n2)cc1. The Kier molecular flexibility index (Phi) is 5.36. The summed E-state index contributed by atoms with van der Waals surface area (Å²) in [6.45, 7) is 5.22. The smallest absolute Gasteiger partial charge is 0.227 e. The highest BCUT2D eigenvalue weighted by Crippen LogP contribution is 2.25. The highest BCUT2D eigenvalue weighted by Gasteiger charge is 2.30. The zero-order chi connectivity index (χ0) is 17.8. The summed E-state index contributed by atoms with van der Waals surface area (Å²) in [7, 11) is 1.63. The lowest BCUT2D eigenvalue weighted by Gasteiger charge is -2.27. The zero-order valence-corrected chi connectivity index (χ0v) is 15.1. The summed E-state index contributed by atoms with van der Waals surface area (Å²) in [5, 5.41) is 4.01. The van der Waals surface area contributed by atoms with E-state index in [4.69, 9.17) is 9.26 Å². The first-order chi connectivity index (χ1) is 12.1. The van der Waals surface area contributed by atoms with Crippen molar-refractivity contribution in [2.24, 2.45) is 5.92 Å². The van der Waals surface area contributed by atoms with Crippen molar-refractivity contribution in [1.29, 1.82) is 0 Å². The Morgan fingerprint density at radius 2 is 2.12 bits per heavy atom. The van der Waals surface area contributed by atoms with Gasteiger partial charge >= 0.3 is 0 Å². The average molecular weight is 343 g/mol. The molecule has 1 aliphatic rings. The lowest BCUT2D eigenvalue weighted by molar-refractivity contribution is -0.132. The minimum Gasteiger partial charge on any atom is -0.497 e. The molecule has 1 unspecified atom stereocenters. The van der Waals surface area contributed by atoms with Crippen LogP contribution in [0.3, 0.4) is 0 Å². The van der Waals surface area contributed by atoms with Crippen LogP contribution in [0.15, 0.2) is 28.8 Å². The van der Waals surface area contributed by atoms with Gasteiger partial charge in [-0.05, 0) is 43.0 Å². The summed E-state index contributed by atoms with van der Waals surface area (Å²) < 4.78 is 10.4.